The van der Waals surface area contributed by atoms with Gasteiger partial charge < -0.3 is 10.0 Å². The van der Waals surface area contributed by atoms with Crippen LogP contribution in [0.2, 0.25) is 0 Å². The Hall–Kier alpha value is -3.98. The van der Waals surface area contributed by atoms with Gasteiger partial charge in [0.1, 0.15) is 35.7 Å². The SMILES string of the molecule is CCN(CC)c1ccc2nc3ccc(N=Nc4ccc(O)cc4)cc3[n+](CCn3cc[n+](CCSC)c3)c2c1. The molecule has 1 N–H and O–H groups in total. The topological polar surface area (TPSA) is 73.8 Å². The summed E-state index contributed by atoms with van der Waals surface area (Å²) in [4.78, 5) is 7.36. The lowest BCUT2D eigenvalue weighted by Gasteiger charge is -2.20. The number of aromatic nitrogens is 4. The molecular formula is C30H35N7OS+2. The van der Waals surface area contributed by atoms with Gasteiger partial charge in [-0.2, -0.15) is 26.6 Å². The number of aryl methyl sites for hydroxylation is 3. The number of nitrogens with zero attached hydrogens (tertiary/aromatic N) is 7. The number of rotatable bonds is 11. The van der Waals surface area contributed by atoms with Gasteiger partial charge in [0, 0.05) is 36.7 Å². The molecular weight excluding hydrogens is 506 g/mol. The van der Waals surface area contributed by atoms with Crippen molar-refractivity contribution >= 4 is 50.9 Å². The average molecular weight is 542 g/mol. The smallest absolute Gasteiger partial charge is 0.244 e. The van der Waals surface area contributed by atoms with Crippen molar-refractivity contribution in [3.05, 3.63) is 79.4 Å². The molecule has 0 bridgehead atoms. The van der Waals surface area contributed by atoms with Crippen molar-refractivity contribution in [3.63, 3.8) is 0 Å². The van der Waals surface area contributed by atoms with Crippen molar-refractivity contribution in [1.82, 2.24) is 9.55 Å². The molecule has 8 nitrogen and oxygen atoms in total. The van der Waals surface area contributed by atoms with Crippen LogP contribution in [0.15, 0.2) is 89.6 Å². The molecule has 0 radical (unpaired) electrons. The van der Waals surface area contributed by atoms with E-state index < -0.39 is 0 Å². The zero-order chi connectivity index (χ0) is 27.2. The second kappa shape index (κ2) is 12.3. The van der Waals surface area contributed by atoms with Gasteiger partial charge in [0.25, 0.3) is 0 Å². The average Bonchev–Trinajstić information content (AvgIpc) is 3.42. The molecule has 0 aliphatic heterocycles. The molecule has 0 aliphatic carbocycles. The number of phenols is 1. The van der Waals surface area contributed by atoms with Gasteiger partial charge in [0.15, 0.2) is 6.54 Å². The maximum absolute atomic E-state index is 9.55. The van der Waals surface area contributed by atoms with Crippen molar-refractivity contribution in [1.29, 1.82) is 0 Å². The minimum Gasteiger partial charge on any atom is -0.508 e. The standard InChI is InChI=1S/C30H34N7OS/c1-4-36(5-2)25-9-13-28-30(21-25)37(17-16-34-14-15-35(22-34)18-19-39-3)29-20-24(8-12-27(29)31-28)33-32-23-6-10-26(38)11-7-23/h6-15,20-22H,4-5,16-19H2,1-3H3/q+1/p+1. The maximum atomic E-state index is 9.55. The van der Waals surface area contributed by atoms with Crippen LogP contribution in [0.4, 0.5) is 17.1 Å². The first-order valence-corrected chi connectivity index (χ1v) is 14.7. The number of imidazole rings is 1. The molecule has 0 aliphatic rings. The minimum atomic E-state index is 0.209. The summed E-state index contributed by atoms with van der Waals surface area (Å²) in [6.45, 7) is 8.89. The first-order valence-electron chi connectivity index (χ1n) is 13.3. The molecule has 3 aromatic carbocycles. The molecule has 9 heteroatoms. The van der Waals surface area contributed by atoms with Gasteiger partial charge in [0.05, 0.1) is 17.9 Å². The fourth-order valence-corrected chi connectivity index (χ4v) is 5.14. The highest BCUT2D eigenvalue weighted by molar-refractivity contribution is 7.98. The lowest BCUT2D eigenvalue weighted by molar-refractivity contribution is -0.692. The highest BCUT2D eigenvalue weighted by atomic mass is 32.2. The largest absolute Gasteiger partial charge is 0.508 e. The lowest BCUT2D eigenvalue weighted by atomic mass is 10.2. The predicted molar refractivity (Wildman–Crippen MR) is 158 cm³/mol. The van der Waals surface area contributed by atoms with Gasteiger partial charge in [-0.05, 0) is 68.6 Å². The van der Waals surface area contributed by atoms with Crippen LogP contribution in [0.1, 0.15) is 13.8 Å². The third kappa shape index (κ3) is 6.20. The Bertz CT molecular complexity index is 1590. The number of hydrogen-bond acceptors (Lipinski definition) is 6. The van der Waals surface area contributed by atoms with E-state index in [1.807, 2.05) is 23.9 Å². The second-order valence-electron chi connectivity index (χ2n) is 9.38. The Labute approximate surface area is 233 Å². The molecule has 2 aromatic heterocycles. The molecule has 5 aromatic rings. The van der Waals surface area contributed by atoms with Crippen LogP contribution >= 0.6 is 11.8 Å². The highest BCUT2D eigenvalue weighted by Gasteiger charge is 2.20. The minimum absolute atomic E-state index is 0.209. The molecule has 0 saturated carbocycles. The van der Waals surface area contributed by atoms with Crippen LogP contribution in [-0.4, -0.2) is 39.8 Å². The van der Waals surface area contributed by atoms with Crippen molar-refractivity contribution < 1.29 is 14.2 Å². The van der Waals surface area contributed by atoms with Gasteiger partial charge in [-0.15, -0.1) is 0 Å². The van der Waals surface area contributed by atoms with Crippen molar-refractivity contribution in [2.24, 2.45) is 10.2 Å². The number of hydrogen-bond donors (Lipinski definition) is 1. The number of fused-ring (bicyclic) bond motifs is 2. The monoisotopic (exact) mass is 541 g/mol. The summed E-state index contributed by atoms with van der Waals surface area (Å²) in [5, 5.41) is 18.4. The van der Waals surface area contributed by atoms with E-state index in [9.17, 15) is 5.11 Å². The molecule has 5 rings (SSSR count). The van der Waals surface area contributed by atoms with Crippen LogP contribution in [-0.2, 0) is 19.6 Å². The highest BCUT2D eigenvalue weighted by Crippen LogP contribution is 2.25. The van der Waals surface area contributed by atoms with Crippen LogP contribution in [0.3, 0.4) is 0 Å². The Morgan fingerprint density at radius 1 is 0.897 bits per heavy atom. The molecule has 200 valence electrons. The molecule has 0 unspecified atom stereocenters. The fraction of sp³-hybridized carbons (Fsp3) is 0.300. The van der Waals surface area contributed by atoms with Crippen LogP contribution < -0.4 is 14.0 Å². The molecule has 0 amide bonds. The first-order chi connectivity index (χ1) is 19.1. The van der Waals surface area contributed by atoms with Gasteiger partial charge in [-0.25, -0.2) is 14.1 Å². The number of aromatic hydroxyl groups is 1. The zero-order valence-electron chi connectivity index (χ0n) is 22.7. The van der Waals surface area contributed by atoms with E-state index in [1.54, 1.807) is 24.3 Å². The Balaban J connectivity index is 1.56. The summed E-state index contributed by atoms with van der Waals surface area (Å²) < 4.78 is 6.84. The summed E-state index contributed by atoms with van der Waals surface area (Å²) in [5.41, 5.74) is 6.64. The second-order valence-corrected chi connectivity index (χ2v) is 10.4. The Morgan fingerprint density at radius 2 is 1.59 bits per heavy atom. The fourth-order valence-electron chi connectivity index (χ4n) is 4.74. The molecule has 0 atom stereocenters. The van der Waals surface area contributed by atoms with E-state index in [4.69, 9.17) is 4.98 Å². The summed E-state index contributed by atoms with van der Waals surface area (Å²) in [7, 11) is 0. The van der Waals surface area contributed by atoms with Gasteiger partial charge in [-0.3, -0.25) is 0 Å². The van der Waals surface area contributed by atoms with Crippen LogP contribution in [0.5, 0.6) is 5.75 Å². The summed E-state index contributed by atoms with van der Waals surface area (Å²) in [6.07, 6.45) is 8.61. The Kier molecular flexibility index (Phi) is 8.36. The number of benzene rings is 3. The Morgan fingerprint density at radius 3 is 2.33 bits per heavy atom. The first kappa shape index (κ1) is 26.6. The van der Waals surface area contributed by atoms with Gasteiger partial charge in [-0.1, -0.05) is 0 Å². The van der Waals surface area contributed by atoms with Crippen molar-refractivity contribution in [3.8, 4) is 5.75 Å². The van der Waals surface area contributed by atoms with Crippen molar-refractivity contribution in [2.45, 2.75) is 33.5 Å². The zero-order valence-corrected chi connectivity index (χ0v) is 23.6. The number of thioether (sulfide) groups is 1. The van der Waals surface area contributed by atoms with E-state index in [2.05, 4.69) is 91.9 Å². The molecule has 0 spiro atoms. The summed E-state index contributed by atoms with van der Waals surface area (Å²) >= 11 is 1.86. The normalized spacial score (nSPS) is 11.7. The van der Waals surface area contributed by atoms with E-state index in [-0.39, 0.29) is 5.75 Å². The third-order valence-corrected chi connectivity index (χ3v) is 7.47. The van der Waals surface area contributed by atoms with Gasteiger partial charge in [0.2, 0.25) is 17.4 Å². The van der Waals surface area contributed by atoms with Crippen molar-refractivity contribution in [2.75, 3.05) is 30.0 Å². The molecule has 2 heterocycles. The maximum Gasteiger partial charge on any atom is 0.244 e. The number of phenolic OH excluding ortho intramolecular Hbond substituents is 1. The molecule has 39 heavy (non-hydrogen) atoms. The number of anilines is 1. The summed E-state index contributed by atoms with van der Waals surface area (Å²) in [6, 6.07) is 19.3. The van der Waals surface area contributed by atoms with Gasteiger partial charge >= 0.3 is 0 Å². The lowest BCUT2D eigenvalue weighted by Crippen LogP contribution is -2.38. The predicted octanol–water partition coefficient (Wildman–Crippen LogP) is 5.79. The summed E-state index contributed by atoms with van der Waals surface area (Å²) in [5.74, 6) is 1.30. The van der Waals surface area contributed by atoms with E-state index in [1.165, 1.54) is 5.69 Å². The van der Waals surface area contributed by atoms with Crippen LogP contribution in [0, 0.1) is 0 Å². The molecule has 0 fully saturated rings. The third-order valence-electron chi connectivity index (χ3n) is 6.88. The van der Waals surface area contributed by atoms with Crippen LogP contribution in [0.25, 0.3) is 22.1 Å². The number of azo groups is 1. The van der Waals surface area contributed by atoms with E-state index in [0.717, 1.165) is 66.2 Å². The van der Waals surface area contributed by atoms with E-state index >= 15 is 0 Å². The van der Waals surface area contributed by atoms with E-state index in [0.29, 0.717) is 5.69 Å². The molecule has 0 saturated heterocycles. The quantitative estimate of drug-likeness (QED) is 0.130.